The number of ether oxygens (including phenoxy) is 5. The average molecular weight is 422 g/mol. The van der Waals surface area contributed by atoms with Gasteiger partial charge in [0, 0.05) is 27.2 Å². The fraction of sp³-hybridized carbons (Fsp3) is 0.667. The number of carbonyl (C=O) groups excluding carboxylic acids is 3. The number of carboxylic acid groups (broad SMARTS) is 1. The molecule has 0 aromatic rings. The monoisotopic (exact) mass is 422 g/mol. The van der Waals surface area contributed by atoms with Crippen LogP contribution in [-0.4, -0.2) is 71.8 Å². The van der Waals surface area contributed by atoms with Gasteiger partial charge >= 0.3 is 17.9 Å². The van der Waals surface area contributed by atoms with E-state index < -0.39 is 48.5 Å². The van der Waals surface area contributed by atoms with Crippen LogP contribution >= 0.6 is 0 Å². The maximum Gasteiger partial charge on any atom is 0.335 e. The van der Waals surface area contributed by atoms with Crippen LogP contribution in [0, 0.1) is 0 Å². The molecule has 1 rings (SSSR count). The molecule has 11 heteroatoms. The minimum Gasteiger partial charge on any atom is -0.481 e. The van der Waals surface area contributed by atoms with E-state index in [-0.39, 0.29) is 24.6 Å². The van der Waals surface area contributed by atoms with Gasteiger partial charge in [-0.15, -0.1) is 0 Å². The van der Waals surface area contributed by atoms with Gasteiger partial charge in [0.15, 0.2) is 18.5 Å². The highest BCUT2D eigenvalue weighted by atomic mass is 16.7. The number of carboxylic acids is 1. The Morgan fingerprint density at radius 2 is 1.66 bits per heavy atom. The van der Waals surface area contributed by atoms with Crippen molar-refractivity contribution >= 4 is 23.9 Å². The van der Waals surface area contributed by atoms with Gasteiger partial charge in [0.1, 0.15) is 12.7 Å². The Bertz CT molecular complexity index is 554. The highest BCUT2D eigenvalue weighted by Crippen LogP contribution is 2.28. The summed E-state index contributed by atoms with van der Waals surface area (Å²) in [5, 5.41) is 7.42. The maximum atomic E-state index is 12.0. The molecule has 1 fully saturated rings. The lowest BCUT2D eigenvalue weighted by molar-refractivity contribution is -0.282. The molecule has 3 N–H and O–H groups in total. The first-order chi connectivity index (χ1) is 13.0. The summed E-state index contributed by atoms with van der Waals surface area (Å²) in [5.41, 5.74) is 0. The Hall–Kier alpha value is -2.50. The smallest absolute Gasteiger partial charge is 0.335 e. The van der Waals surface area contributed by atoms with Crippen LogP contribution in [0.15, 0.2) is 12.7 Å². The van der Waals surface area contributed by atoms with Gasteiger partial charge in [-0.05, 0) is 13.8 Å². The van der Waals surface area contributed by atoms with Gasteiger partial charge in [-0.25, -0.2) is 4.79 Å². The van der Waals surface area contributed by atoms with Gasteiger partial charge in [-0.3, -0.25) is 14.4 Å². The van der Waals surface area contributed by atoms with Gasteiger partial charge in [0.2, 0.25) is 0 Å². The Morgan fingerprint density at radius 3 is 2.07 bits per heavy atom. The second-order valence-electron chi connectivity index (χ2n) is 6.07. The summed E-state index contributed by atoms with van der Waals surface area (Å²) >= 11 is 0. The minimum absolute atomic E-state index is 0. The average Bonchev–Trinajstić information content (AvgIpc) is 2.53. The standard InChI is InChI=1S/C16H24O8.C2H4O2.H2O/c1-6-7-20-15(19)13-8-12(22-10(4)17)14(23-11(5)18)16(24-13)21-9(2)3;1-2(3)4;/h6,9,12-14,16H,1,7-8H2,2-5H3;1H3,(H,3,4);1H2/t12-,13-,14+,16+;;/m0../s1. The van der Waals surface area contributed by atoms with E-state index in [0.717, 1.165) is 6.92 Å². The van der Waals surface area contributed by atoms with E-state index in [2.05, 4.69) is 6.58 Å². The Balaban J connectivity index is 0. The largest absolute Gasteiger partial charge is 0.481 e. The summed E-state index contributed by atoms with van der Waals surface area (Å²) in [7, 11) is 0. The first-order valence-electron chi connectivity index (χ1n) is 8.60. The first-order valence-corrected chi connectivity index (χ1v) is 8.60. The Morgan fingerprint density at radius 1 is 1.14 bits per heavy atom. The lowest BCUT2D eigenvalue weighted by Crippen LogP contribution is -2.55. The van der Waals surface area contributed by atoms with E-state index in [0.29, 0.717) is 0 Å². The number of carbonyl (C=O) groups is 4. The molecular weight excluding hydrogens is 392 g/mol. The summed E-state index contributed by atoms with van der Waals surface area (Å²) in [6.07, 6.45) is -2.78. The van der Waals surface area contributed by atoms with Crippen LogP contribution in [0.2, 0.25) is 0 Å². The van der Waals surface area contributed by atoms with Crippen molar-refractivity contribution in [2.45, 2.75) is 71.7 Å². The van der Waals surface area contributed by atoms with Crippen molar-refractivity contribution in [3.8, 4) is 0 Å². The highest BCUT2D eigenvalue weighted by Gasteiger charge is 2.46. The number of hydrogen-bond acceptors (Lipinski definition) is 9. The van der Waals surface area contributed by atoms with E-state index in [1.54, 1.807) is 13.8 Å². The topological polar surface area (TPSA) is 166 Å². The molecule has 1 saturated heterocycles. The molecule has 11 nitrogen and oxygen atoms in total. The third-order valence-electron chi connectivity index (χ3n) is 3.01. The van der Waals surface area contributed by atoms with Crippen LogP contribution in [0.4, 0.5) is 0 Å². The molecule has 29 heavy (non-hydrogen) atoms. The van der Waals surface area contributed by atoms with E-state index >= 15 is 0 Å². The van der Waals surface area contributed by atoms with Crippen molar-refractivity contribution in [3.05, 3.63) is 12.7 Å². The van der Waals surface area contributed by atoms with E-state index in [1.165, 1.54) is 19.9 Å². The molecule has 0 radical (unpaired) electrons. The Kier molecular flexibility index (Phi) is 14.3. The minimum atomic E-state index is -1.06. The van der Waals surface area contributed by atoms with Crippen molar-refractivity contribution < 1.29 is 53.4 Å². The molecule has 0 spiro atoms. The van der Waals surface area contributed by atoms with Crippen LogP contribution in [0.3, 0.4) is 0 Å². The zero-order valence-corrected chi connectivity index (χ0v) is 17.2. The van der Waals surface area contributed by atoms with Gasteiger partial charge in [-0.1, -0.05) is 12.7 Å². The fourth-order valence-electron chi connectivity index (χ4n) is 2.23. The number of aliphatic carboxylic acids is 1. The summed E-state index contributed by atoms with van der Waals surface area (Å²) in [4.78, 5) is 43.8. The number of rotatable bonds is 7. The van der Waals surface area contributed by atoms with Crippen molar-refractivity contribution in [2.75, 3.05) is 6.61 Å². The molecule has 168 valence electrons. The molecule has 0 bridgehead atoms. The van der Waals surface area contributed by atoms with E-state index in [1.807, 2.05) is 0 Å². The second kappa shape index (κ2) is 14.5. The Labute approximate surface area is 169 Å². The van der Waals surface area contributed by atoms with E-state index in [4.69, 9.17) is 33.6 Å². The summed E-state index contributed by atoms with van der Waals surface area (Å²) in [5.74, 6) is -2.61. The molecule has 1 aliphatic heterocycles. The molecule has 0 amide bonds. The van der Waals surface area contributed by atoms with Crippen molar-refractivity contribution in [1.82, 2.24) is 0 Å². The molecular formula is C18H30O11. The van der Waals surface area contributed by atoms with Gasteiger partial charge in [-0.2, -0.15) is 0 Å². The summed E-state index contributed by atoms with van der Waals surface area (Å²) < 4.78 is 26.5. The van der Waals surface area contributed by atoms with Gasteiger partial charge in [0.25, 0.3) is 5.97 Å². The van der Waals surface area contributed by atoms with Crippen LogP contribution in [0.1, 0.15) is 41.0 Å². The summed E-state index contributed by atoms with van der Waals surface area (Å²) in [6.45, 7) is 10.5. The predicted molar refractivity (Wildman–Crippen MR) is 98.7 cm³/mol. The zero-order chi connectivity index (χ0) is 21.9. The highest BCUT2D eigenvalue weighted by molar-refractivity contribution is 5.75. The maximum absolute atomic E-state index is 12.0. The molecule has 0 aromatic heterocycles. The first kappa shape index (κ1) is 28.7. The second-order valence-corrected chi connectivity index (χ2v) is 6.07. The molecule has 0 saturated carbocycles. The quantitative estimate of drug-likeness (QED) is 0.344. The predicted octanol–water partition coefficient (Wildman–Crippen LogP) is 0.385. The third kappa shape index (κ3) is 12.5. The van der Waals surface area contributed by atoms with Crippen molar-refractivity contribution in [1.29, 1.82) is 0 Å². The molecule has 0 unspecified atom stereocenters. The zero-order valence-electron chi connectivity index (χ0n) is 17.2. The molecule has 1 heterocycles. The van der Waals surface area contributed by atoms with Gasteiger partial charge in [0.05, 0.1) is 6.10 Å². The third-order valence-corrected chi connectivity index (χ3v) is 3.01. The molecule has 0 aliphatic carbocycles. The lowest BCUT2D eigenvalue weighted by Gasteiger charge is -2.39. The summed E-state index contributed by atoms with van der Waals surface area (Å²) in [6, 6.07) is 0. The van der Waals surface area contributed by atoms with Crippen LogP contribution in [0.25, 0.3) is 0 Å². The number of hydrogen-bond donors (Lipinski definition) is 1. The normalized spacial score (nSPS) is 22.8. The van der Waals surface area contributed by atoms with E-state index in [9.17, 15) is 14.4 Å². The van der Waals surface area contributed by atoms with Gasteiger partial charge < -0.3 is 34.3 Å². The molecule has 0 aromatic carbocycles. The van der Waals surface area contributed by atoms with Crippen LogP contribution in [-0.2, 0) is 42.9 Å². The molecule has 1 aliphatic rings. The fourth-order valence-corrected chi connectivity index (χ4v) is 2.23. The lowest BCUT2D eigenvalue weighted by atomic mass is 10.0. The SMILES string of the molecule is C=CCOC(=O)[C@@H]1C[C@H](OC(C)=O)[C@@H](OC(C)=O)[C@H](OC(C)C)O1.CC(=O)O.O. The van der Waals surface area contributed by atoms with Crippen LogP contribution < -0.4 is 0 Å². The number of esters is 3. The van der Waals surface area contributed by atoms with Crippen LogP contribution in [0.5, 0.6) is 0 Å². The van der Waals surface area contributed by atoms with Crippen molar-refractivity contribution in [2.24, 2.45) is 0 Å². The van der Waals surface area contributed by atoms with Crippen molar-refractivity contribution in [3.63, 3.8) is 0 Å². The molecule has 4 atom stereocenters.